The van der Waals surface area contributed by atoms with Crippen LogP contribution in [0, 0.1) is 34.5 Å². The number of carbonyl (C=O) groups is 4. The molecule has 0 aromatic heterocycles. The Labute approximate surface area is 211 Å². The lowest BCUT2D eigenvalue weighted by Gasteiger charge is -2.29. The van der Waals surface area contributed by atoms with Crippen LogP contribution in [-0.2, 0) is 38.1 Å². The Morgan fingerprint density at radius 1 is 0.806 bits per heavy atom. The van der Waals surface area contributed by atoms with Gasteiger partial charge in [-0.05, 0) is 63.2 Å². The van der Waals surface area contributed by atoms with Gasteiger partial charge in [-0.15, -0.1) is 0 Å². The average Bonchev–Trinajstić information content (AvgIpc) is 3.64. The summed E-state index contributed by atoms with van der Waals surface area (Å²) in [5, 5.41) is 9.50. The molecule has 9 nitrogen and oxygen atoms in total. The SMILES string of the molecule is CC1(C(=O)OCCOC(=O)CCC(=O)OC(CO)COC(=O)C2(C)CC3C=CC2C3)CC2C=CC1C2. The first-order valence-electron chi connectivity index (χ1n) is 12.8. The first-order chi connectivity index (χ1) is 17.1. The number of hydrogen-bond donors (Lipinski definition) is 1. The lowest BCUT2D eigenvalue weighted by molar-refractivity contribution is -0.168. The maximum absolute atomic E-state index is 12.6. The van der Waals surface area contributed by atoms with Crippen LogP contribution < -0.4 is 0 Å². The van der Waals surface area contributed by atoms with Crippen molar-refractivity contribution >= 4 is 23.9 Å². The maximum Gasteiger partial charge on any atom is 0.312 e. The van der Waals surface area contributed by atoms with E-state index in [9.17, 15) is 24.3 Å². The molecular formula is C27H36O9. The monoisotopic (exact) mass is 504 g/mol. The van der Waals surface area contributed by atoms with E-state index in [1.165, 1.54) is 0 Å². The molecule has 198 valence electrons. The molecule has 0 aliphatic heterocycles. The highest BCUT2D eigenvalue weighted by Gasteiger charge is 2.52. The smallest absolute Gasteiger partial charge is 0.312 e. The van der Waals surface area contributed by atoms with Gasteiger partial charge in [0.05, 0.1) is 30.3 Å². The van der Waals surface area contributed by atoms with E-state index in [-0.39, 0.29) is 56.4 Å². The Bertz CT molecular complexity index is 940. The van der Waals surface area contributed by atoms with Gasteiger partial charge >= 0.3 is 23.9 Å². The number of ether oxygens (including phenoxy) is 4. The van der Waals surface area contributed by atoms with Crippen LogP contribution in [0.1, 0.15) is 52.4 Å². The summed E-state index contributed by atoms with van der Waals surface area (Å²) in [6.45, 7) is 2.91. The summed E-state index contributed by atoms with van der Waals surface area (Å²) in [6, 6.07) is 0. The number of hydrogen-bond acceptors (Lipinski definition) is 9. The molecule has 2 fully saturated rings. The van der Waals surface area contributed by atoms with Crippen molar-refractivity contribution in [1.29, 1.82) is 0 Å². The number of allylic oxidation sites excluding steroid dienone is 4. The number of aliphatic hydroxyl groups excluding tert-OH is 1. The molecule has 7 atom stereocenters. The molecule has 0 aromatic rings. The normalized spacial score (nSPS) is 34.0. The van der Waals surface area contributed by atoms with Gasteiger partial charge in [0.15, 0.2) is 6.10 Å². The molecule has 0 radical (unpaired) electrons. The Kier molecular flexibility index (Phi) is 7.87. The molecule has 4 bridgehead atoms. The van der Waals surface area contributed by atoms with Crippen LogP contribution in [0.25, 0.3) is 0 Å². The molecule has 9 heteroatoms. The second kappa shape index (κ2) is 10.7. The third-order valence-corrected chi connectivity index (χ3v) is 8.30. The Morgan fingerprint density at radius 3 is 1.83 bits per heavy atom. The van der Waals surface area contributed by atoms with E-state index in [4.69, 9.17) is 18.9 Å². The highest BCUT2D eigenvalue weighted by atomic mass is 16.6. The molecule has 4 aliphatic carbocycles. The molecule has 4 aliphatic rings. The summed E-state index contributed by atoms with van der Waals surface area (Å²) < 4.78 is 20.9. The van der Waals surface area contributed by atoms with Gasteiger partial charge in [0, 0.05) is 0 Å². The molecule has 0 saturated heterocycles. The molecule has 4 rings (SSSR count). The van der Waals surface area contributed by atoms with Gasteiger partial charge in [0.2, 0.25) is 0 Å². The van der Waals surface area contributed by atoms with E-state index in [1.54, 1.807) is 0 Å². The van der Waals surface area contributed by atoms with Gasteiger partial charge in [0.25, 0.3) is 0 Å². The van der Waals surface area contributed by atoms with Gasteiger partial charge in [-0.1, -0.05) is 24.3 Å². The Hall–Kier alpha value is -2.68. The molecule has 7 unspecified atom stereocenters. The zero-order valence-electron chi connectivity index (χ0n) is 21.0. The van der Waals surface area contributed by atoms with Crippen molar-refractivity contribution in [3.8, 4) is 0 Å². The third kappa shape index (κ3) is 5.51. The van der Waals surface area contributed by atoms with Crippen LogP contribution in [0.5, 0.6) is 0 Å². The predicted octanol–water partition coefficient (Wildman–Crippen LogP) is 2.50. The summed E-state index contributed by atoms with van der Waals surface area (Å²) in [6.07, 6.45) is 10.4. The van der Waals surface area contributed by atoms with Crippen molar-refractivity contribution in [2.45, 2.75) is 58.5 Å². The van der Waals surface area contributed by atoms with Crippen molar-refractivity contribution in [2.24, 2.45) is 34.5 Å². The van der Waals surface area contributed by atoms with Crippen LogP contribution in [0.2, 0.25) is 0 Å². The largest absolute Gasteiger partial charge is 0.462 e. The van der Waals surface area contributed by atoms with E-state index in [2.05, 4.69) is 24.3 Å². The van der Waals surface area contributed by atoms with Crippen molar-refractivity contribution in [2.75, 3.05) is 26.4 Å². The van der Waals surface area contributed by atoms with E-state index in [0.29, 0.717) is 11.8 Å². The summed E-state index contributed by atoms with van der Waals surface area (Å²) in [4.78, 5) is 49.1. The standard InChI is InChI=1S/C27H36O9/c1-26(13-17-3-5-19(26)11-17)24(31)34-10-9-33-22(29)7-8-23(30)36-21(15-28)16-35-25(32)27(2)14-18-4-6-20(27)12-18/h3-6,17-21,28H,7-16H2,1-2H3. The van der Waals surface area contributed by atoms with Gasteiger partial charge in [-0.2, -0.15) is 0 Å². The minimum Gasteiger partial charge on any atom is -0.462 e. The molecular weight excluding hydrogens is 468 g/mol. The van der Waals surface area contributed by atoms with Crippen molar-refractivity contribution < 1.29 is 43.2 Å². The quantitative estimate of drug-likeness (QED) is 0.185. The maximum atomic E-state index is 12.6. The molecule has 0 aromatic carbocycles. The van der Waals surface area contributed by atoms with Crippen molar-refractivity contribution in [3.05, 3.63) is 24.3 Å². The third-order valence-electron chi connectivity index (χ3n) is 8.30. The van der Waals surface area contributed by atoms with E-state index in [1.807, 2.05) is 13.8 Å². The zero-order chi connectivity index (χ0) is 25.9. The van der Waals surface area contributed by atoms with E-state index < -0.39 is 35.5 Å². The van der Waals surface area contributed by atoms with Gasteiger partial charge < -0.3 is 24.1 Å². The molecule has 0 spiro atoms. The number of fused-ring (bicyclic) bond motifs is 4. The number of rotatable bonds is 12. The highest BCUT2D eigenvalue weighted by molar-refractivity contribution is 5.79. The molecule has 0 amide bonds. The second-order valence-corrected chi connectivity index (χ2v) is 11.0. The van der Waals surface area contributed by atoms with Crippen LogP contribution >= 0.6 is 0 Å². The summed E-state index contributed by atoms with van der Waals surface area (Å²) >= 11 is 0. The molecule has 2 saturated carbocycles. The minimum atomic E-state index is -1.00. The zero-order valence-corrected chi connectivity index (χ0v) is 21.0. The first kappa shape index (κ1) is 26.4. The minimum absolute atomic E-state index is 0.0417. The number of aliphatic hydroxyl groups is 1. The lowest BCUT2D eigenvalue weighted by atomic mass is 9.78. The van der Waals surface area contributed by atoms with Gasteiger partial charge in [0.1, 0.15) is 19.8 Å². The lowest BCUT2D eigenvalue weighted by Crippen LogP contribution is -2.37. The molecule has 0 heterocycles. The van der Waals surface area contributed by atoms with Crippen molar-refractivity contribution in [3.63, 3.8) is 0 Å². The predicted molar refractivity (Wildman–Crippen MR) is 126 cm³/mol. The number of esters is 4. The first-order valence-corrected chi connectivity index (χ1v) is 12.8. The van der Waals surface area contributed by atoms with Crippen LogP contribution in [0.4, 0.5) is 0 Å². The van der Waals surface area contributed by atoms with Crippen LogP contribution in [0.15, 0.2) is 24.3 Å². The fraction of sp³-hybridized carbons (Fsp3) is 0.704. The molecule has 36 heavy (non-hydrogen) atoms. The van der Waals surface area contributed by atoms with Crippen LogP contribution in [-0.4, -0.2) is 61.5 Å². The summed E-state index contributed by atoms with van der Waals surface area (Å²) in [5.41, 5.74) is -1.11. The highest BCUT2D eigenvalue weighted by Crippen LogP contribution is 2.53. The Morgan fingerprint density at radius 2 is 1.33 bits per heavy atom. The summed E-state index contributed by atoms with van der Waals surface area (Å²) in [5.74, 6) is -0.781. The van der Waals surface area contributed by atoms with E-state index in [0.717, 1.165) is 25.7 Å². The van der Waals surface area contributed by atoms with Crippen molar-refractivity contribution in [1.82, 2.24) is 0 Å². The average molecular weight is 505 g/mol. The Balaban J connectivity index is 1.08. The number of carbonyl (C=O) groups excluding carboxylic acids is 4. The van der Waals surface area contributed by atoms with Crippen LogP contribution in [0.3, 0.4) is 0 Å². The van der Waals surface area contributed by atoms with E-state index >= 15 is 0 Å². The fourth-order valence-corrected chi connectivity index (χ4v) is 6.09. The summed E-state index contributed by atoms with van der Waals surface area (Å²) in [7, 11) is 0. The molecule has 1 N–H and O–H groups in total. The second-order valence-electron chi connectivity index (χ2n) is 11.0. The fourth-order valence-electron chi connectivity index (χ4n) is 6.09. The topological polar surface area (TPSA) is 125 Å². The van der Waals surface area contributed by atoms with Gasteiger partial charge in [-0.3, -0.25) is 19.2 Å². The van der Waals surface area contributed by atoms with Gasteiger partial charge in [-0.25, -0.2) is 0 Å².